The Morgan fingerprint density at radius 3 is 2.95 bits per heavy atom. The SMILES string of the molecule is CCSC1CCCC1Nc1cc(C)ccc1[N+](=O)[O-]. The summed E-state index contributed by atoms with van der Waals surface area (Å²) < 4.78 is 0. The zero-order valence-corrected chi connectivity index (χ0v) is 12.2. The molecule has 2 atom stereocenters. The molecule has 0 spiro atoms. The van der Waals surface area contributed by atoms with Crippen LogP contribution in [0.3, 0.4) is 0 Å². The van der Waals surface area contributed by atoms with Gasteiger partial charge in [-0.15, -0.1) is 0 Å². The molecule has 0 amide bonds. The average Bonchev–Trinajstić information content (AvgIpc) is 2.77. The normalized spacial score (nSPS) is 22.4. The van der Waals surface area contributed by atoms with Crippen molar-refractivity contribution in [1.82, 2.24) is 0 Å². The molecule has 1 N–H and O–H groups in total. The molecule has 19 heavy (non-hydrogen) atoms. The highest BCUT2D eigenvalue weighted by atomic mass is 32.2. The summed E-state index contributed by atoms with van der Waals surface area (Å²) >= 11 is 1.95. The van der Waals surface area contributed by atoms with Gasteiger partial charge >= 0.3 is 0 Å². The fourth-order valence-electron chi connectivity index (χ4n) is 2.63. The third-order valence-electron chi connectivity index (χ3n) is 3.52. The van der Waals surface area contributed by atoms with E-state index in [0.29, 0.717) is 17.0 Å². The highest BCUT2D eigenvalue weighted by Crippen LogP contribution is 2.34. The molecule has 1 saturated carbocycles. The van der Waals surface area contributed by atoms with Crippen molar-refractivity contribution >= 4 is 23.1 Å². The summed E-state index contributed by atoms with van der Waals surface area (Å²) in [5, 5.41) is 15.1. The number of anilines is 1. The molecule has 4 nitrogen and oxygen atoms in total. The number of nitrogens with one attached hydrogen (secondary N) is 1. The largest absolute Gasteiger partial charge is 0.376 e. The number of thioether (sulfide) groups is 1. The number of nitro benzene ring substituents is 1. The fourth-order valence-corrected chi connectivity index (χ4v) is 3.83. The van der Waals surface area contributed by atoms with Crippen molar-refractivity contribution in [2.45, 2.75) is 44.4 Å². The summed E-state index contributed by atoms with van der Waals surface area (Å²) in [6.07, 6.45) is 3.51. The van der Waals surface area contributed by atoms with Gasteiger partial charge in [0.05, 0.1) is 4.92 Å². The van der Waals surface area contributed by atoms with Crippen molar-refractivity contribution in [3.63, 3.8) is 0 Å². The van der Waals surface area contributed by atoms with Gasteiger partial charge in [-0.3, -0.25) is 10.1 Å². The maximum Gasteiger partial charge on any atom is 0.292 e. The van der Waals surface area contributed by atoms with Gasteiger partial charge in [0.25, 0.3) is 5.69 Å². The number of nitro groups is 1. The Balaban J connectivity index is 2.17. The Morgan fingerprint density at radius 1 is 1.47 bits per heavy atom. The van der Waals surface area contributed by atoms with Gasteiger partial charge in [-0.05, 0) is 37.1 Å². The van der Waals surface area contributed by atoms with E-state index >= 15 is 0 Å². The molecule has 0 radical (unpaired) electrons. The van der Waals surface area contributed by atoms with E-state index in [-0.39, 0.29) is 10.6 Å². The van der Waals surface area contributed by atoms with Crippen LogP contribution in [-0.2, 0) is 0 Å². The van der Waals surface area contributed by atoms with Crippen molar-refractivity contribution < 1.29 is 4.92 Å². The van der Waals surface area contributed by atoms with Gasteiger partial charge in [0.15, 0.2) is 0 Å². The molecular formula is C14H20N2O2S. The quantitative estimate of drug-likeness (QED) is 0.654. The monoisotopic (exact) mass is 280 g/mol. The first-order chi connectivity index (χ1) is 9.11. The van der Waals surface area contributed by atoms with Crippen LogP contribution in [0.2, 0.25) is 0 Å². The van der Waals surface area contributed by atoms with Crippen LogP contribution in [0.5, 0.6) is 0 Å². The van der Waals surface area contributed by atoms with Crippen molar-refractivity contribution in [2.24, 2.45) is 0 Å². The topological polar surface area (TPSA) is 55.2 Å². The molecule has 1 fully saturated rings. The highest BCUT2D eigenvalue weighted by molar-refractivity contribution is 7.99. The van der Waals surface area contributed by atoms with E-state index in [9.17, 15) is 10.1 Å². The molecular weight excluding hydrogens is 260 g/mol. The summed E-state index contributed by atoms with van der Waals surface area (Å²) in [5.74, 6) is 1.10. The van der Waals surface area contributed by atoms with E-state index in [1.165, 1.54) is 12.8 Å². The van der Waals surface area contributed by atoms with Crippen LogP contribution in [0.25, 0.3) is 0 Å². The lowest BCUT2D eigenvalue weighted by atomic mass is 10.1. The number of nitrogens with zero attached hydrogens (tertiary/aromatic N) is 1. The molecule has 104 valence electrons. The first-order valence-electron chi connectivity index (χ1n) is 6.75. The van der Waals surface area contributed by atoms with Gasteiger partial charge in [-0.2, -0.15) is 11.8 Å². The van der Waals surface area contributed by atoms with Gasteiger partial charge in [0, 0.05) is 17.4 Å². The lowest BCUT2D eigenvalue weighted by molar-refractivity contribution is -0.384. The van der Waals surface area contributed by atoms with Crippen LogP contribution in [-0.4, -0.2) is 22.0 Å². The van der Waals surface area contributed by atoms with Crippen molar-refractivity contribution in [1.29, 1.82) is 0 Å². The molecule has 2 rings (SSSR count). The molecule has 0 bridgehead atoms. The second kappa shape index (κ2) is 6.28. The summed E-state index contributed by atoms with van der Waals surface area (Å²) in [4.78, 5) is 10.8. The van der Waals surface area contributed by atoms with E-state index in [0.717, 1.165) is 17.7 Å². The van der Waals surface area contributed by atoms with Gasteiger partial charge in [-0.25, -0.2) is 0 Å². The van der Waals surface area contributed by atoms with Crippen molar-refractivity contribution in [2.75, 3.05) is 11.1 Å². The minimum Gasteiger partial charge on any atom is -0.376 e. The van der Waals surface area contributed by atoms with Gasteiger partial charge in [0.2, 0.25) is 0 Å². The third kappa shape index (κ3) is 3.41. The predicted molar refractivity (Wildman–Crippen MR) is 81.0 cm³/mol. The first kappa shape index (κ1) is 14.2. The van der Waals surface area contributed by atoms with E-state index in [2.05, 4.69) is 12.2 Å². The standard InChI is InChI=1S/C14H20N2O2S/c1-3-19-14-6-4-5-11(14)15-12-9-10(2)7-8-13(12)16(17)18/h7-9,11,14-15H,3-6H2,1-2H3. The van der Waals surface area contributed by atoms with Gasteiger partial charge in [0.1, 0.15) is 5.69 Å². The molecule has 1 aromatic carbocycles. The van der Waals surface area contributed by atoms with Crippen LogP contribution < -0.4 is 5.32 Å². The van der Waals surface area contributed by atoms with Gasteiger partial charge in [-0.1, -0.05) is 19.4 Å². The maximum atomic E-state index is 11.1. The maximum absolute atomic E-state index is 11.1. The lowest BCUT2D eigenvalue weighted by Crippen LogP contribution is -2.26. The number of hydrogen-bond acceptors (Lipinski definition) is 4. The molecule has 0 heterocycles. The van der Waals surface area contributed by atoms with Crippen LogP contribution in [0, 0.1) is 17.0 Å². The molecule has 5 heteroatoms. The number of benzene rings is 1. The van der Waals surface area contributed by atoms with Gasteiger partial charge < -0.3 is 5.32 Å². The molecule has 1 aliphatic rings. The van der Waals surface area contributed by atoms with Crippen molar-refractivity contribution in [3.05, 3.63) is 33.9 Å². The summed E-state index contributed by atoms with van der Waals surface area (Å²) in [5.41, 5.74) is 1.89. The highest BCUT2D eigenvalue weighted by Gasteiger charge is 2.28. The van der Waals surface area contributed by atoms with E-state index in [4.69, 9.17) is 0 Å². The molecule has 0 saturated heterocycles. The zero-order valence-electron chi connectivity index (χ0n) is 11.4. The summed E-state index contributed by atoms with van der Waals surface area (Å²) in [6, 6.07) is 5.61. The first-order valence-corrected chi connectivity index (χ1v) is 7.80. The zero-order chi connectivity index (χ0) is 13.8. The lowest BCUT2D eigenvalue weighted by Gasteiger charge is -2.21. The summed E-state index contributed by atoms with van der Waals surface area (Å²) in [6.45, 7) is 4.12. The minimum absolute atomic E-state index is 0.178. The van der Waals surface area contributed by atoms with Crippen molar-refractivity contribution in [3.8, 4) is 0 Å². The van der Waals surface area contributed by atoms with E-state index in [1.54, 1.807) is 12.1 Å². The minimum atomic E-state index is -0.307. The Kier molecular flexibility index (Phi) is 4.69. The fraction of sp³-hybridized carbons (Fsp3) is 0.571. The third-order valence-corrected chi connectivity index (χ3v) is 4.85. The Labute approximate surface area is 118 Å². The Morgan fingerprint density at radius 2 is 2.26 bits per heavy atom. The number of rotatable bonds is 5. The Bertz CT molecular complexity index is 465. The average molecular weight is 280 g/mol. The molecule has 0 aromatic heterocycles. The molecule has 1 aromatic rings. The second-order valence-electron chi connectivity index (χ2n) is 4.95. The Hall–Kier alpha value is -1.23. The smallest absolute Gasteiger partial charge is 0.292 e. The van der Waals surface area contributed by atoms with Crippen LogP contribution >= 0.6 is 11.8 Å². The number of aryl methyl sites for hydroxylation is 1. The summed E-state index contributed by atoms with van der Waals surface area (Å²) in [7, 11) is 0. The van der Waals surface area contributed by atoms with E-state index < -0.39 is 0 Å². The second-order valence-corrected chi connectivity index (χ2v) is 6.47. The number of hydrogen-bond donors (Lipinski definition) is 1. The van der Waals surface area contributed by atoms with Crippen LogP contribution in [0.15, 0.2) is 18.2 Å². The molecule has 1 aliphatic carbocycles. The predicted octanol–water partition coefficient (Wildman–Crippen LogP) is 3.99. The molecule has 0 aliphatic heterocycles. The molecule has 2 unspecified atom stereocenters. The van der Waals surface area contributed by atoms with Crippen LogP contribution in [0.4, 0.5) is 11.4 Å². The van der Waals surface area contributed by atoms with Crippen LogP contribution in [0.1, 0.15) is 31.7 Å². The van der Waals surface area contributed by atoms with E-state index in [1.807, 2.05) is 24.8 Å².